The van der Waals surface area contributed by atoms with Crippen molar-refractivity contribution in [3.8, 4) is 34.0 Å². The molecule has 0 saturated carbocycles. The molecule has 162 valence electrons. The predicted molar refractivity (Wildman–Crippen MR) is 143 cm³/mol. The summed E-state index contributed by atoms with van der Waals surface area (Å²) in [6.45, 7) is 7.77. The van der Waals surface area contributed by atoms with E-state index in [0.29, 0.717) is 11.3 Å². The van der Waals surface area contributed by atoms with Gasteiger partial charge in [0.15, 0.2) is 5.69 Å². The molecule has 5 aromatic carbocycles. The Morgan fingerprint density at radius 2 is 1.17 bits per heavy atom. The molecule has 0 spiro atoms. The molecule has 6 rings (SSSR count). The van der Waals surface area contributed by atoms with Crippen LogP contribution in [0.5, 0.6) is 0 Å². The van der Waals surface area contributed by atoms with E-state index in [0.717, 1.165) is 39.0 Å². The Labute approximate surface area is 203 Å². The Morgan fingerprint density at radius 1 is 0.600 bits per heavy atom. The van der Waals surface area contributed by atoms with E-state index >= 15 is 0 Å². The standard InChI is InChI=1S/C32H19N3/c1-34-27-18-26(25-16-22(21-33)15-24(17-25)23-9-3-2-4-10-23)19-28(20-27)35-31-13-7-5-11-29(31)30-12-6-8-14-32(30)35/h2-20H. The number of fused-ring (bicyclic) bond motifs is 3. The number of para-hydroxylation sites is 2. The van der Waals surface area contributed by atoms with Crippen LogP contribution in [-0.4, -0.2) is 4.57 Å². The molecule has 0 aliphatic heterocycles. The molecule has 3 nitrogen and oxygen atoms in total. The molecule has 0 saturated heterocycles. The highest BCUT2D eigenvalue weighted by Gasteiger charge is 2.14. The fourth-order valence-corrected chi connectivity index (χ4v) is 4.81. The fraction of sp³-hybridized carbons (Fsp3) is 0. The van der Waals surface area contributed by atoms with E-state index in [1.807, 2.05) is 66.7 Å². The summed E-state index contributed by atoms with van der Waals surface area (Å²) in [5, 5.41) is 12.1. The summed E-state index contributed by atoms with van der Waals surface area (Å²) < 4.78 is 2.22. The molecule has 35 heavy (non-hydrogen) atoms. The minimum Gasteiger partial charge on any atom is -0.310 e. The van der Waals surface area contributed by atoms with Crippen molar-refractivity contribution in [3.05, 3.63) is 132 Å². The van der Waals surface area contributed by atoms with Gasteiger partial charge in [-0.3, -0.25) is 0 Å². The summed E-state index contributed by atoms with van der Waals surface area (Å²) in [5.41, 5.74) is 8.11. The maximum absolute atomic E-state index is 9.72. The van der Waals surface area contributed by atoms with E-state index in [1.54, 1.807) is 0 Å². The van der Waals surface area contributed by atoms with Crippen LogP contribution in [0.25, 0.3) is 54.6 Å². The zero-order valence-electron chi connectivity index (χ0n) is 18.8. The number of aromatic nitrogens is 1. The van der Waals surface area contributed by atoms with Gasteiger partial charge in [0.05, 0.1) is 29.2 Å². The molecule has 0 aliphatic rings. The van der Waals surface area contributed by atoms with Gasteiger partial charge >= 0.3 is 0 Å². The monoisotopic (exact) mass is 445 g/mol. The quantitative estimate of drug-likeness (QED) is 0.251. The second-order valence-corrected chi connectivity index (χ2v) is 8.50. The number of rotatable bonds is 3. The van der Waals surface area contributed by atoms with Crippen molar-refractivity contribution >= 4 is 27.5 Å². The van der Waals surface area contributed by atoms with Crippen molar-refractivity contribution in [1.82, 2.24) is 4.57 Å². The van der Waals surface area contributed by atoms with Crippen molar-refractivity contribution < 1.29 is 0 Å². The summed E-state index contributed by atoms with van der Waals surface area (Å²) in [6, 6.07) is 40.9. The van der Waals surface area contributed by atoms with Gasteiger partial charge in [-0.05, 0) is 70.8 Å². The molecule has 6 aromatic rings. The Balaban J connectivity index is 1.61. The van der Waals surface area contributed by atoms with Gasteiger partial charge in [-0.25, -0.2) is 4.85 Å². The molecule has 0 fully saturated rings. The topological polar surface area (TPSA) is 33.1 Å². The molecule has 0 unspecified atom stereocenters. The van der Waals surface area contributed by atoms with Gasteiger partial charge in [0, 0.05) is 16.5 Å². The first-order valence-corrected chi connectivity index (χ1v) is 11.4. The summed E-state index contributed by atoms with van der Waals surface area (Å²) in [6.07, 6.45) is 0. The highest BCUT2D eigenvalue weighted by atomic mass is 15.0. The number of hydrogen-bond donors (Lipinski definition) is 0. The van der Waals surface area contributed by atoms with Crippen molar-refractivity contribution in [3.63, 3.8) is 0 Å². The third-order valence-electron chi connectivity index (χ3n) is 6.37. The van der Waals surface area contributed by atoms with Gasteiger partial charge in [0.2, 0.25) is 0 Å². The van der Waals surface area contributed by atoms with E-state index in [4.69, 9.17) is 6.57 Å². The first-order chi connectivity index (χ1) is 17.2. The van der Waals surface area contributed by atoms with Gasteiger partial charge in [-0.2, -0.15) is 5.26 Å². The van der Waals surface area contributed by atoms with Crippen molar-refractivity contribution in [2.24, 2.45) is 0 Å². The molecular weight excluding hydrogens is 426 g/mol. The van der Waals surface area contributed by atoms with Crippen LogP contribution in [0.2, 0.25) is 0 Å². The Morgan fingerprint density at radius 3 is 1.80 bits per heavy atom. The Bertz CT molecular complexity index is 1760. The van der Waals surface area contributed by atoms with Gasteiger partial charge in [-0.1, -0.05) is 66.7 Å². The molecule has 1 aromatic heterocycles. The fourth-order valence-electron chi connectivity index (χ4n) is 4.81. The smallest absolute Gasteiger partial charge is 0.189 e. The predicted octanol–water partition coefficient (Wildman–Crippen LogP) is 8.54. The minimum atomic E-state index is 0.558. The Kier molecular flexibility index (Phi) is 4.88. The maximum Gasteiger partial charge on any atom is 0.189 e. The number of benzene rings is 5. The molecule has 1 heterocycles. The highest BCUT2D eigenvalue weighted by molar-refractivity contribution is 6.09. The number of nitriles is 1. The summed E-state index contributed by atoms with van der Waals surface area (Å²) in [4.78, 5) is 3.78. The minimum absolute atomic E-state index is 0.558. The van der Waals surface area contributed by atoms with Gasteiger partial charge in [0.25, 0.3) is 0 Å². The summed E-state index contributed by atoms with van der Waals surface area (Å²) in [7, 11) is 0. The molecule has 0 aliphatic carbocycles. The van der Waals surface area contributed by atoms with Crippen LogP contribution in [0.4, 0.5) is 5.69 Å². The van der Waals surface area contributed by atoms with E-state index in [-0.39, 0.29) is 0 Å². The molecular formula is C32H19N3. The van der Waals surface area contributed by atoms with Crippen LogP contribution in [-0.2, 0) is 0 Å². The van der Waals surface area contributed by atoms with E-state index in [1.165, 1.54) is 10.8 Å². The maximum atomic E-state index is 9.72. The van der Waals surface area contributed by atoms with Gasteiger partial charge < -0.3 is 4.57 Å². The zero-order valence-corrected chi connectivity index (χ0v) is 18.8. The number of nitrogens with zero attached hydrogens (tertiary/aromatic N) is 3. The average molecular weight is 446 g/mol. The Hall–Kier alpha value is -5.12. The van der Waals surface area contributed by atoms with Crippen LogP contribution in [0.3, 0.4) is 0 Å². The van der Waals surface area contributed by atoms with Crippen molar-refractivity contribution in [2.75, 3.05) is 0 Å². The average Bonchev–Trinajstić information content (AvgIpc) is 3.27. The van der Waals surface area contributed by atoms with Crippen LogP contribution < -0.4 is 0 Å². The van der Waals surface area contributed by atoms with E-state index in [9.17, 15) is 5.26 Å². The first-order valence-electron chi connectivity index (χ1n) is 11.4. The van der Waals surface area contributed by atoms with Crippen LogP contribution >= 0.6 is 0 Å². The van der Waals surface area contributed by atoms with E-state index < -0.39 is 0 Å². The first kappa shape index (κ1) is 20.5. The van der Waals surface area contributed by atoms with Crippen molar-refractivity contribution in [1.29, 1.82) is 5.26 Å². The molecule has 0 radical (unpaired) electrons. The van der Waals surface area contributed by atoms with Gasteiger partial charge in [-0.15, -0.1) is 0 Å². The molecule has 0 atom stereocenters. The van der Waals surface area contributed by atoms with Crippen LogP contribution in [0.1, 0.15) is 5.56 Å². The molecule has 0 bridgehead atoms. The number of hydrogen-bond acceptors (Lipinski definition) is 1. The third-order valence-corrected chi connectivity index (χ3v) is 6.37. The van der Waals surface area contributed by atoms with Crippen molar-refractivity contribution in [2.45, 2.75) is 0 Å². The molecule has 3 heteroatoms. The SMILES string of the molecule is [C-]#[N+]c1cc(-c2cc(C#N)cc(-c3ccccc3)c2)cc(-n2c3ccccc3c3ccccc32)c1. The second kappa shape index (κ2) is 8.34. The lowest BCUT2D eigenvalue weighted by Gasteiger charge is -2.13. The lowest BCUT2D eigenvalue weighted by Crippen LogP contribution is -1.94. The van der Waals surface area contributed by atoms with Crippen LogP contribution in [0.15, 0.2) is 115 Å². The second-order valence-electron chi connectivity index (χ2n) is 8.50. The third kappa shape index (κ3) is 3.53. The zero-order chi connectivity index (χ0) is 23.8. The lowest BCUT2D eigenvalue weighted by atomic mass is 9.96. The van der Waals surface area contributed by atoms with E-state index in [2.05, 4.69) is 64.0 Å². The highest BCUT2D eigenvalue weighted by Crippen LogP contribution is 2.36. The normalized spacial score (nSPS) is 10.8. The van der Waals surface area contributed by atoms with Crippen LogP contribution in [0, 0.1) is 17.9 Å². The van der Waals surface area contributed by atoms with Gasteiger partial charge in [0.1, 0.15) is 0 Å². The summed E-state index contributed by atoms with van der Waals surface area (Å²) in [5.74, 6) is 0. The summed E-state index contributed by atoms with van der Waals surface area (Å²) >= 11 is 0. The molecule has 0 N–H and O–H groups in total. The molecule has 0 amide bonds. The largest absolute Gasteiger partial charge is 0.310 e. The lowest BCUT2D eigenvalue weighted by molar-refractivity contribution is 1.18.